The van der Waals surface area contributed by atoms with E-state index in [1.807, 2.05) is 103 Å². The standard InChI is InChI=1S/C42H37BO3.C4H12N/c1-2-3-29-41(38-28-14-13-25-35(38)32-19-7-4-8-20-32)42(46-43(44)45,39-30-17-15-26-36(39)33-21-9-5-10-22-33)40-31-18-16-27-37(40)34-23-11-6-12-24-34;1-5(2,3)4/h4-28,30-31,41H,2-3,29H2,1H3;1-4H3/q-2;+1. The van der Waals surface area contributed by atoms with Crippen LogP contribution in [0.25, 0.3) is 33.4 Å². The van der Waals surface area contributed by atoms with Crippen LogP contribution in [0.5, 0.6) is 0 Å². The molecule has 0 aliphatic carbocycles. The first kappa shape index (κ1) is 37.5. The van der Waals surface area contributed by atoms with Crippen LogP contribution < -0.4 is 10.0 Å². The molecule has 0 spiro atoms. The number of hydrogen-bond acceptors (Lipinski definition) is 3. The van der Waals surface area contributed by atoms with Gasteiger partial charge in [-0.1, -0.05) is 184 Å². The Kier molecular flexibility index (Phi) is 12.8. The molecule has 5 heteroatoms. The van der Waals surface area contributed by atoms with Crippen molar-refractivity contribution in [1.82, 2.24) is 0 Å². The molecule has 1 atom stereocenters. The number of rotatable bonds is 12. The first-order valence-electron chi connectivity index (χ1n) is 17.9. The highest BCUT2D eigenvalue weighted by Gasteiger charge is 2.46. The molecule has 1 unspecified atom stereocenters. The second kappa shape index (κ2) is 17.4. The highest BCUT2D eigenvalue weighted by molar-refractivity contribution is 6.28. The molecule has 0 N–H and O–H groups in total. The van der Waals surface area contributed by atoms with Crippen molar-refractivity contribution in [2.45, 2.75) is 37.7 Å². The van der Waals surface area contributed by atoms with Gasteiger partial charge in [0.15, 0.2) is 0 Å². The largest absolute Gasteiger partial charge is 0.871 e. The van der Waals surface area contributed by atoms with Gasteiger partial charge in [0.2, 0.25) is 0 Å². The molecule has 4 nitrogen and oxygen atoms in total. The van der Waals surface area contributed by atoms with Crippen LogP contribution in [-0.4, -0.2) is 40.0 Å². The van der Waals surface area contributed by atoms with Gasteiger partial charge < -0.3 is 19.2 Å². The normalized spacial score (nSPS) is 12.1. The highest BCUT2D eigenvalue weighted by atomic mass is 16.6. The molecule has 6 rings (SSSR count). The van der Waals surface area contributed by atoms with Crippen molar-refractivity contribution in [2.75, 3.05) is 28.2 Å². The van der Waals surface area contributed by atoms with Gasteiger partial charge in [-0.25, -0.2) is 0 Å². The number of nitrogens with zero attached hydrogens (tertiary/aromatic N) is 1. The van der Waals surface area contributed by atoms with Crippen molar-refractivity contribution in [3.05, 3.63) is 180 Å². The number of hydrogen-bond donors (Lipinski definition) is 0. The Morgan fingerprint density at radius 2 is 0.882 bits per heavy atom. The van der Waals surface area contributed by atoms with E-state index < -0.39 is 12.9 Å². The monoisotopic (exact) mass is 674 g/mol. The van der Waals surface area contributed by atoms with E-state index in [1.165, 1.54) is 0 Å². The van der Waals surface area contributed by atoms with Crippen LogP contribution in [-0.2, 0) is 10.3 Å². The lowest BCUT2D eigenvalue weighted by Crippen LogP contribution is -2.55. The summed E-state index contributed by atoms with van der Waals surface area (Å²) >= 11 is 0. The lowest BCUT2D eigenvalue weighted by molar-refractivity contribution is -0.849. The zero-order valence-corrected chi connectivity index (χ0v) is 30.5. The zero-order valence-electron chi connectivity index (χ0n) is 30.5. The summed E-state index contributed by atoms with van der Waals surface area (Å²) in [5.74, 6) is -0.385. The minimum Gasteiger partial charge on any atom is -0.871 e. The molecule has 0 fully saturated rings. The molecule has 51 heavy (non-hydrogen) atoms. The average Bonchev–Trinajstić information content (AvgIpc) is 3.15. The maximum atomic E-state index is 13.2. The van der Waals surface area contributed by atoms with Gasteiger partial charge >= 0.3 is 0 Å². The molecule has 6 aromatic carbocycles. The van der Waals surface area contributed by atoms with Crippen LogP contribution >= 0.6 is 0 Å². The quantitative estimate of drug-likeness (QED) is 0.0963. The maximum absolute atomic E-state index is 13.2. The highest BCUT2D eigenvalue weighted by Crippen LogP contribution is 2.54. The molecule has 0 aliphatic rings. The van der Waals surface area contributed by atoms with Gasteiger partial charge in [0.25, 0.3) is 0 Å². The van der Waals surface area contributed by atoms with E-state index >= 15 is 0 Å². The van der Waals surface area contributed by atoms with E-state index in [1.54, 1.807) is 0 Å². The predicted octanol–water partition coefficient (Wildman–Crippen LogP) is 8.95. The van der Waals surface area contributed by atoms with Gasteiger partial charge in [0, 0.05) is 5.92 Å². The topological polar surface area (TPSA) is 55.3 Å². The SMILES string of the molecule is CCCCC(c1ccccc1-c1ccccc1)C(OB([O-])[O-])(c1ccccc1-c1ccccc1)c1ccccc1-c1ccccc1.C[N+](C)(C)C. The molecular weight excluding hydrogens is 625 g/mol. The first-order chi connectivity index (χ1) is 24.6. The Labute approximate surface area is 305 Å². The summed E-state index contributed by atoms with van der Waals surface area (Å²) in [5.41, 5.74) is 7.14. The fraction of sp³-hybridized carbons (Fsp3) is 0.217. The second-order valence-electron chi connectivity index (χ2n) is 14.3. The minimum atomic E-state index is -2.54. The van der Waals surface area contributed by atoms with E-state index in [9.17, 15) is 10.0 Å². The van der Waals surface area contributed by atoms with Gasteiger partial charge in [-0.15, -0.1) is 0 Å². The van der Waals surface area contributed by atoms with Crippen LogP contribution in [0.2, 0.25) is 0 Å². The number of unbranched alkanes of at least 4 members (excludes halogenated alkanes) is 1. The van der Waals surface area contributed by atoms with Crippen molar-refractivity contribution in [3.63, 3.8) is 0 Å². The summed E-state index contributed by atoms with van der Waals surface area (Å²) in [4.78, 5) is 0. The van der Waals surface area contributed by atoms with Gasteiger partial charge in [0.1, 0.15) is 5.60 Å². The summed E-state index contributed by atoms with van der Waals surface area (Å²) < 4.78 is 7.53. The predicted molar refractivity (Wildman–Crippen MR) is 209 cm³/mol. The summed E-state index contributed by atoms with van der Waals surface area (Å²) in [7, 11) is 5.96. The van der Waals surface area contributed by atoms with Crippen LogP contribution in [0, 0.1) is 0 Å². The van der Waals surface area contributed by atoms with Crippen LogP contribution in [0.1, 0.15) is 48.8 Å². The molecule has 260 valence electrons. The van der Waals surface area contributed by atoms with Gasteiger partial charge in [-0.05, 0) is 56.5 Å². The fourth-order valence-corrected chi connectivity index (χ4v) is 6.90. The smallest absolute Gasteiger partial charge is 0.108 e. The third-order valence-electron chi connectivity index (χ3n) is 8.86. The minimum absolute atomic E-state index is 0.385. The molecule has 6 aromatic rings. The van der Waals surface area contributed by atoms with Gasteiger partial charge in [0.05, 0.1) is 35.5 Å². The van der Waals surface area contributed by atoms with Crippen molar-refractivity contribution in [3.8, 4) is 33.4 Å². The van der Waals surface area contributed by atoms with E-state index in [4.69, 9.17) is 4.65 Å². The van der Waals surface area contributed by atoms with E-state index in [2.05, 4.69) is 95.8 Å². The molecule has 0 bridgehead atoms. The molecule has 0 saturated carbocycles. The molecule has 0 saturated heterocycles. The summed E-state index contributed by atoms with van der Waals surface area (Å²) in [6, 6.07) is 55.2. The molecular formula is C46H49BNO3-. The van der Waals surface area contributed by atoms with Crippen LogP contribution in [0.4, 0.5) is 0 Å². The molecule has 0 heterocycles. The first-order valence-corrected chi connectivity index (χ1v) is 17.9. The van der Waals surface area contributed by atoms with Crippen LogP contribution in [0.3, 0.4) is 0 Å². The molecule has 0 radical (unpaired) electrons. The average molecular weight is 675 g/mol. The summed E-state index contributed by atoms with van der Waals surface area (Å²) in [6.07, 6.45) is 2.51. The van der Waals surface area contributed by atoms with Gasteiger partial charge in [-0.3, -0.25) is 0 Å². The van der Waals surface area contributed by atoms with Gasteiger partial charge in [-0.2, -0.15) is 0 Å². The van der Waals surface area contributed by atoms with Crippen molar-refractivity contribution in [2.24, 2.45) is 0 Å². The Hall–Kier alpha value is -4.78. The Bertz CT molecular complexity index is 1850. The number of quaternary nitrogens is 1. The Morgan fingerprint density at radius 3 is 1.29 bits per heavy atom. The Balaban J connectivity index is 0.000000943. The lowest BCUT2D eigenvalue weighted by Gasteiger charge is -2.50. The number of benzene rings is 6. The summed E-state index contributed by atoms with van der Waals surface area (Å²) in [5, 5.41) is 26.3. The van der Waals surface area contributed by atoms with Crippen molar-refractivity contribution < 1.29 is 19.2 Å². The molecule has 0 amide bonds. The zero-order chi connectivity index (χ0) is 36.3. The van der Waals surface area contributed by atoms with E-state index in [-0.39, 0.29) is 5.92 Å². The summed E-state index contributed by atoms with van der Waals surface area (Å²) in [6.45, 7) is 2.17. The molecule has 0 aliphatic heterocycles. The van der Waals surface area contributed by atoms with Crippen molar-refractivity contribution in [1.29, 1.82) is 0 Å². The fourth-order valence-electron chi connectivity index (χ4n) is 6.90. The molecule has 0 aromatic heterocycles. The lowest BCUT2D eigenvalue weighted by atomic mass is 9.66. The second-order valence-corrected chi connectivity index (χ2v) is 14.3. The van der Waals surface area contributed by atoms with E-state index in [0.717, 1.165) is 67.4 Å². The third kappa shape index (κ3) is 9.32. The Morgan fingerprint density at radius 1 is 0.529 bits per heavy atom. The van der Waals surface area contributed by atoms with Crippen LogP contribution in [0.15, 0.2) is 164 Å². The van der Waals surface area contributed by atoms with E-state index in [0.29, 0.717) is 6.42 Å². The van der Waals surface area contributed by atoms with Crippen molar-refractivity contribution >= 4 is 7.32 Å². The third-order valence-corrected chi connectivity index (χ3v) is 8.86. The maximum Gasteiger partial charge on any atom is 0.108 e.